The quantitative estimate of drug-likeness (QED) is 0.557. The minimum Gasteiger partial charge on any atom is -0.389 e. The second-order valence-electron chi connectivity index (χ2n) is 5.04. The summed E-state index contributed by atoms with van der Waals surface area (Å²) in [5.74, 6) is 0. The van der Waals surface area contributed by atoms with E-state index >= 15 is 0 Å². The zero-order valence-electron chi connectivity index (χ0n) is 9.51. The average molecular weight is 345 g/mol. The van der Waals surface area contributed by atoms with Gasteiger partial charge in [-0.1, -0.05) is 24.3 Å². The van der Waals surface area contributed by atoms with Gasteiger partial charge >= 0.3 is 0 Å². The Balaban J connectivity index is 2.05. The van der Waals surface area contributed by atoms with Crippen LogP contribution in [0.2, 0.25) is 0 Å². The fourth-order valence-electron chi connectivity index (χ4n) is 3.28. The molecular weight excluding hydrogens is 329 g/mol. The third kappa shape index (κ3) is 1.65. The lowest BCUT2D eigenvalue weighted by Crippen LogP contribution is -2.45. The number of hydrogen-bond acceptors (Lipinski definition) is 3. The van der Waals surface area contributed by atoms with Crippen LogP contribution in [0.15, 0.2) is 24.3 Å². The van der Waals surface area contributed by atoms with Gasteiger partial charge in [0.25, 0.3) is 0 Å². The van der Waals surface area contributed by atoms with E-state index in [2.05, 4.69) is 32.0 Å². The molecule has 0 bridgehead atoms. The standard InChI is InChI=1S/C13H16INO2/c14-15-7-5-13(6-8-15)10-4-2-1-3-9(10)11(16)12(13)17/h1-4,11-12,16-17H,5-8H2. The molecule has 0 aromatic heterocycles. The van der Waals surface area contributed by atoms with Gasteiger partial charge in [0.1, 0.15) is 6.10 Å². The number of hydrogen-bond donors (Lipinski definition) is 2. The molecule has 4 heteroatoms. The number of benzene rings is 1. The number of aliphatic hydroxyl groups is 2. The van der Waals surface area contributed by atoms with Crippen LogP contribution < -0.4 is 0 Å². The normalized spacial score (nSPS) is 31.7. The molecule has 1 aromatic carbocycles. The Kier molecular flexibility index (Phi) is 2.93. The summed E-state index contributed by atoms with van der Waals surface area (Å²) in [5, 5.41) is 20.6. The lowest BCUT2D eigenvalue weighted by molar-refractivity contribution is -0.0283. The Morgan fingerprint density at radius 2 is 1.82 bits per heavy atom. The van der Waals surface area contributed by atoms with Crippen molar-refractivity contribution in [2.75, 3.05) is 13.1 Å². The van der Waals surface area contributed by atoms with Gasteiger partial charge in [0.2, 0.25) is 0 Å². The summed E-state index contributed by atoms with van der Waals surface area (Å²) < 4.78 is 2.25. The maximum Gasteiger partial charge on any atom is 0.106 e. The molecule has 3 rings (SSSR count). The third-order valence-electron chi connectivity index (χ3n) is 4.28. The monoisotopic (exact) mass is 345 g/mol. The van der Waals surface area contributed by atoms with Crippen molar-refractivity contribution >= 4 is 22.9 Å². The van der Waals surface area contributed by atoms with Gasteiger partial charge in [-0.3, -0.25) is 0 Å². The minimum absolute atomic E-state index is 0.225. The Morgan fingerprint density at radius 1 is 1.18 bits per heavy atom. The van der Waals surface area contributed by atoms with E-state index in [-0.39, 0.29) is 5.41 Å². The summed E-state index contributed by atoms with van der Waals surface area (Å²) >= 11 is 2.33. The summed E-state index contributed by atoms with van der Waals surface area (Å²) in [6.45, 7) is 1.94. The lowest BCUT2D eigenvalue weighted by Gasteiger charge is -2.40. The van der Waals surface area contributed by atoms with E-state index in [0.29, 0.717) is 0 Å². The predicted molar refractivity (Wildman–Crippen MR) is 73.9 cm³/mol. The summed E-state index contributed by atoms with van der Waals surface area (Å²) in [5.41, 5.74) is 1.85. The number of halogens is 1. The SMILES string of the molecule is OC1c2ccccc2C2(CCN(I)CC2)C1O. The van der Waals surface area contributed by atoms with Crippen LogP contribution in [0.4, 0.5) is 0 Å². The van der Waals surface area contributed by atoms with Gasteiger partial charge in [-0.25, -0.2) is 3.11 Å². The van der Waals surface area contributed by atoms with E-state index in [1.165, 1.54) is 0 Å². The topological polar surface area (TPSA) is 43.7 Å². The van der Waals surface area contributed by atoms with Crippen LogP contribution >= 0.6 is 22.9 Å². The summed E-state index contributed by atoms with van der Waals surface area (Å²) in [7, 11) is 0. The molecule has 3 nitrogen and oxygen atoms in total. The van der Waals surface area contributed by atoms with E-state index < -0.39 is 12.2 Å². The van der Waals surface area contributed by atoms with Crippen molar-refractivity contribution in [2.24, 2.45) is 0 Å². The van der Waals surface area contributed by atoms with Crippen LogP contribution in [-0.4, -0.2) is 32.5 Å². The molecule has 0 saturated carbocycles. The molecule has 92 valence electrons. The first-order chi connectivity index (χ1) is 8.15. The molecule has 1 saturated heterocycles. The maximum absolute atomic E-state index is 10.4. The molecule has 0 radical (unpaired) electrons. The molecule has 17 heavy (non-hydrogen) atoms. The first-order valence-electron chi connectivity index (χ1n) is 6.01. The van der Waals surface area contributed by atoms with Crippen LogP contribution in [0, 0.1) is 0 Å². The van der Waals surface area contributed by atoms with Gasteiger partial charge in [-0.05, 0) is 24.0 Å². The van der Waals surface area contributed by atoms with Gasteiger partial charge in [-0.2, -0.15) is 0 Å². The highest BCUT2D eigenvalue weighted by Crippen LogP contribution is 2.50. The van der Waals surface area contributed by atoms with Crippen molar-refractivity contribution in [3.63, 3.8) is 0 Å². The highest BCUT2D eigenvalue weighted by Gasteiger charge is 2.51. The van der Waals surface area contributed by atoms with Gasteiger partial charge in [0.15, 0.2) is 0 Å². The smallest absolute Gasteiger partial charge is 0.106 e. The van der Waals surface area contributed by atoms with Crippen LogP contribution in [0.1, 0.15) is 30.1 Å². The zero-order valence-corrected chi connectivity index (χ0v) is 11.7. The van der Waals surface area contributed by atoms with E-state index in [4.69, 9.17) is 0 Å². The van der Waals surface area contributed by atoms with Crippen molar-refractivity contribution in [2.45, 2.75) is 30.5 Å². The molecule has 1 spiro atoms. The first-order valence-corrected chi connectivity index (χ1v) is 6.98. The van der Waals surface area contributed by atoms with Crippen molar-refractivity contribution < 1.29 is 10.2 Å². The molecular formula is C13H16INO2. The van der Waals surface area contributed by atoms with Crippen LogP contribution in [0.3, 0.4) is 0 Å². The molecule has 1 aromatic rings. The van der Waals surface area contributed by atoms with Gasteiger partial charge < -0.3 is 10.2 Å². The molecule has 1 fully saturated rings. The molecule has 2 N–H and O–H groups in total. The van der Waals surface area contributed by atoms with Gasteiger partial charge in [0.05, 0.1) is 6.10 Å². The largest absolute Gasteiger partial charge is 0.389 e. The van der Waals surface area contributed by atoms with E-state index in [0.717, 1.165) is 37.1 Å². The fraction of sp³-hybridized carbons (Fsp3) is 0.538. The van der Waals surface area contributed by atoms with Gasteiger partial charge in [-0.15, -0.1) is 0 Å². The maximum atomic E-state index is 10.4. The molecule has 2 aliphatic rings. The third-order valence-corrected chi connectivity index (χ3v) is 5.25. The second kappa shape index (κ2) is 4.19. The average Bonchev–Trinajstić information content (AvgIpc) is 2.57. The van der Waals surface area contributed by atoms with E-state index in [1.807, 2.05) is 18.2 Å². The van der Waals surface area contributed by atoms with Crippen molar-refractivity contribution in [3.8, 4) is 0 Å². The Labute approximate surface area is 115 Å². The molecule has 2 atom stereocenters. The number of rotatable bonds is 0. The Hall–Kier alpha value is -0.170. The molecule has 1 aliphatic carbocycles. The summed E-state index contributed by atoms with van der Waals surface area (Å²) in [4.78, 5) is 0. The van der Waals surface area contributed by atoms with Crippen LogP contribution in [0.5, 0.6) is 0 Å². The second-order valence-corrected chi connectivity index (χ2v) is 6.41. The lowest BCUT2D eigenvalue weighted by atomic mass is 9.72. The summed E-state index contributed by atoms with van der Waals surface area (Å²) in [6, 6.07) is 7.94. The Bertz CT molecular complexity index is 429. The molecule has 1 aliphatic heterocycles. The molecule has 1 heterocycles. The number of fused-ring (bicyclic) bond motifs is 2. The van der Waals surface area contributed by atoms with Crippen LogP contribution in [0.25, 0.3) is 0 Å². The number of piperidine rings is 1. The molecule has 0 amide bonds. The Morgan fingerprint density at radius 3 is 2.53 bits per heavy atom. The first kappa shape index (κ1) is 11.9. The van der Waals surface area contributed by atoms with Crippen molar-refractivity contribution in [1.29, 1.82) is 0 Å². The fourth-order valence-corrected chi connectivity index (χ4v) is 3.77. The van der Waals surface area contributed by atoms with Crippen molar-refractivity contribution in [3.05, 3.63) is 35.4 Å². The zero-order chi connectivity index (χ0) is 12.0. The van der Waals surface area contributed by atoms with Crippen molar-refractivity contribution in [1.82, 2.24) is 3.11 Å². The number of nitrogens with zero attached hydrogens (tertiary/aromatic N) is 1. The summed E-state index contributed by atoms with van der Waals surface area (Å²) in [6.07, 6.45) is 0.480. The minimum atomic E-state index is -0.716. The highest BCUT2D eigenvalue weighted by molar-refractivity contribution is 14.1. The number of aliphatic hydroxyl groups excluding tert-OH is 2. The van der Waals surface area contributed by atoms with Gasteiger partial charge in [0, 0.05) is 41.4 Å². The van der Waals surface area contributed by atoms with E-state index in [1.54, 1.807) is 0 Å². The van der Waals surface area contributed by atoms with Crippen LogP contribution in [-0.2, 0) is 5.41 Å². The molecule has 2 unspecified atom stereocenters. The predicted octanol–water partition coefficient (Wildman–Crippen LogP) is 1.78. The highest BCUT2D eigenvalue weighted by atomic mass is 127. The van der Waals surface area contributed by atoms with E-state index in [9.17, 15) is 10.2 Å².